The van der Waals surface area contributed by atoms with E-state index in [1.165, 1.54) is 15.8 Å². The summed E-state index contributed by atoms with van der Waals surface area (Å²) in [6.45, 7) is 7.08. The first-order valence-corrected chi connectivity index (χ1v) is 10.1. The molecule has 0 unspecified atom stereocenters. The number of carbonyl (C=O) groups is 1. The highest BCUT2D eigenvalue weighted by Crippen LogP contribution is 2.32. The molecule has 0 saturated carbocycles. The first-order valence-electron chi connectivity index (χ1n) is 8.94. The number of thiazole rings is 1. The van der Waals surface area contributed by atoms with Gasteiger partial charge in [0, 0.05) is 26.2 Å². The lowest BCUT2D eigenvalue weighted by Crippen LogP contribution is -2.50. The Bertz CT molecular complexity index is 995. The van der Waals surface area contributed by atoms with Crippen molar-refractivity contribution >= 4 is 50.0 Å². The van der Waals surface area contributed by atoms with E-state index in [0.717, 1.165) is 23.7 Å². The molecule has 7 heteroatoms. The fourth-order valence-corrected chi connectivity index (χ4v) is 4.73. The van der Waals surface area contributed by atoms with Crippen LogP contribution in [0.5, 0.6) is 0 Å². The molecule has 0 bridgehead atoms. The standard InChI is InChI=1S/C20H21ClN4OS/c1-13-11-14(2)18-17(12-13)27-20(23-18)25-9-7-24(8-10-25)19(26)22-16-6-4-3-5-15(16)21/h3-6,11-12H,7-10H2,1-2H3,(H,22,26). The number of hydrogen-bond donors (Lipinski definition) is 1. The van der Waals surface area contributed by atoms with Crippen molar-refractivity contribution in [1.29, 1.82) is 0 Å². The molecule has 0 radical (unpaired) electrons. The second-order valence-corrected chi connectivity index (χ2v) is 8.23. The Balaban J connectivity index is 1.42. The minimum absolute atomic E-state index is 0.112. The number of carbonyl (C=O) groups excluding carboxylic acids is 1. The number of hydrogen-bond acceptors (Lipinski definition) is 4. The fraction of sp³-hybridized carbons (Fsp3) is 0.300. The molecule has 5 nitrogen and oxygen atoms in total. The highest BCUT2D eigenvalue weighted by molar-refractivity contribution is 7.22. The van der Waals surface area contributed by atoms with Crippen molar-refractivity contribution in [1.82, 2.24) is 9.88 Å². The zero-order valence-corrected chi connectivity index (χ0v) is 16.9. The van der Waals surface area contributed by atoms with Gasteiger partial charge in [-0.2, -0.15) is 0 Å². The summed E-state index contributed by atoms with van der Waals surface area (Å²) in [6, 6.07) is 11.5. The van der Waals surface area contributed by atoms with E-state index < -0.39 is 0 Å². The predicted octanol–water partition coefficient (Wildman–Crippen LogP) is 4.92. The first kappa shape index (κ1) is 18.1. The Hall–Kier alpha value is -2.31. The molecule has 140 valence electrons. The highest BCUT2D eigenvalue weighted by atomic mass is 35.5. The SMILES string of the molecule is Cc1cc(C)c2nc(N3CCN(C(=O)Nc4ccccc4Cl)CC3)sc2c1. The number of nitrogens with one attached hydrogen (secondary N) is 1. The molecular weight excluding hydrogens is 380 g/mol. The van der Waals surface area contributed by atoms with E-state index in [1.54, 1.807) is 17.4 Å². The van der Waals surface area contributed by atoms with Crippen LogP contribution in [0.3, 0.4) is 0 Å². The number of amides is 2. The van der Waals surface area contributed by atoms with Crippen molar-refractivity contribution in [3.8, 4) is 0 Å². The van der Waals surface area contributed by atoms with Crippen molar-refractivity contribution < 1.29 is 4.79 Å². The third-order valence-corrected chi connectivity index (χ3v) is 6.16. The van der Waals surface area contributed by atoms with E-state index in [2.05, 4.69) is 36.2 Å². The number of halogens is 1. The number of anilines is 2. The topological polar surface area (TPSA) is 48.5 Å². The third-order valence-electron chi connectivity index (χ3n) is 4.77. The zero-order chi connectivity index (χ0) is 19.0. The maximum Gasteiger partial charge on any atom is 0.322 e. The summed E-state index contributed by atoms with van der Waals surface area (Å²) in [5.74, 6) is 0. The minimum Gasteiger partial charge on any atom is -0.345 e. The molecule has 27 heavy (non-hydrogen) atoms. The summed E-state index contributed by atoms with van der Waals surface area (Å²) in [6.07, 6.45) is 0. The summed E-state index contributed by atoms with van der Waals surface area (Å²) in [5, 5.41) is 4.47. The lowest BCUT2D eigenvalue weighted by molar-refractivity contribution is 0.208. The number of urea groups is 1. The van der Waals surface area contributed by atoms with Gasteiger partial charge in [0.15, 0.2) is 5.13 Å². The summed E-state index contributed by atoms with van der Waals surface area (Å²) >= 11 is 7.85. The van der Waals surface area contributed by atoms with Crippen LogP contribution in [0.1, 0.15) is 11.1 Å². The van der Waals surface area contributed by atoms with Gasteiger partial charge in [-0.1, -0.05) is 41.1 Å². The van der Waals surface area contributed by atoms with Crippen LogP contribution in [0, 0.1) is 13.8 Å². The molecule has 2 amide bonds. The summed E-state index contributed by atoms with van der Waals surface area (Å²) in [4.78, 5) is 21.4. The maximum atomic E-state index is 12.5. The van der Waals surface area contributed by atoms with Crippen molar-refractivity contribution in [3.63, 3.8) is 0 Å². The Labute approximate surface area is 167 Å². The predicted molar refractivity (Wildman–Crippen MR) is 113 cm³/mol. The van der Waals surface area contributed by atoms with Crippen molar-refractivity contribution in [2.24, 2.45) is 0 Å². The molecule has 0 atom stereocenters. The van der Waals surface area contributed by atoms with Gasteiger partial charge in [0.2, 0.25) is 0 Å². The molecule has 3 aromatic rings. The third kappa shape index (κ3) is 3.73. The summed E-state index contributed by atoms with van der Waals surface area (Å²) in [5.41, 5.74) is 4.20. The van der Waals surface area contributed by atoms with Crippen LogP contribution >= 0.6 is 22.9 Å². The van der Waals surface area contributed by atoms with Gasteiger partial charge < -0.3 is 15.1 Å². The van der Waals surface area contributed by atoms with Crippen LogP contribution < -0.4 is 10.2 Å². The Morgan fingerprint density at radius 3 is 2.63 bits per heavy atom. The second kappa shape index (κ2) is 7.37. The number of aryl methyl sites for hydroxylation is 2. The van der Waals surface area contributed by atoms with Gasteiger partial charge in [0.05, 0.1) is 20.9 Å². The molecule has 1 aromatic heterocycles. The molecule has 0 spiro atoms. The Morgan fingerprint density at radius 2 is 1.89 bits per heavy atom. The second-order valence-electron chi connectivity index (χ2n) is 6.81. The van der Waals surface area contributed by atoms with E-state index in [0.29, 0.717) is 23.8 Å². The lowest BCUT2D eigenvalue weighted by atomic mass is 10.1. The molecule has 1 N–H and O–H groups in total. The van der Waals surface area contributed by atoms with Crippen LogP contribution in [-0.4, -0.2) is 42.1 Å². The van der Waals surface area contributed by atoms with Gasteiger partial charge in [-0.05, 0) is 43.2 Å². The van der Waals surface area contributed by atoms with Gasteiger partial charge in [0.1, 0.15) is 0 Å². The summed E-state index contributed by atoms with van der Waals surface area (Å²) in [7, 11) is 0. The lowest BCUT2D eigenvalue weighted by Gasteiger charge is -2.34. The van der Waals surface area contributed by atoms with E-state index in [4.69, 9.17) is 16.6 Å². The maximum absolute atomic E-state index is 12.5. The molecule has 0 aliphatic carbocycles. The van der Waals surface area contributed by atoms with Crippen molar-refractivity contribution in [2.45, 2.75) is 13.8 Å². The van der Waals surface area contributed by atoms with Crippen molar-refractivity contribution in [3.05, 3.63) is 52.5 Å². The molecule has 1 fully saturated rings. The van der Waals surface area contributed by atoms with Gasteiger partial charge in [-0.15, -0.1) is 0 Å². The quantitative estimate of drug-likeness (QED) is 0.664. The van der Waals surface area contributed by atoms with E-state index in [9.17, 15) is 4.79 Å². The smallest absolute Gasteiger partial charge is 0.322 e. The Kier molecular flexibility index (Phi) is 4.93. The largest absolute Gasteiger partial charge is 0.345 e. The van der Waals surface area contributed by atoms with Crippen LogP contribution in [-0.2, 0) is 0 Å². The first-order chi connectivity index (χ1) is 13.0. The minimum atomic E-state index is -0.112. The van der Waals surface area contributed by atoms with Crippen LogP contribution in [0.25, 0.3) is 10.2 Å². The van der Waals surface area contributed by atoms with Gasteiger partial charge >= 0.3 is 6.03 Å². The zero-order valence-electron chi connectivity index (χ0n) is 15.3. The number of para-hydroxylation sites is 1. The van der Waals surface area contributed by atoms with E-state index >= 15 is 0 Å². The fourth-order valence-electron chi connectivity index (χ4n) is 3.35. The molecular formula is C20H21ClN4OS. The molecule has 1 saturated heterocycles. The molecule has 1 aliphatic heterocycles. The van der Waals surface area contributed by atoms with Gasteiger partial charge in [0.25, 0.3) is 0 Å². The normalized spacial score (nSPS) is 14.6. The average molecular weight is 401 g/mol. The van der Waals surface area contributed by atoms with Crippen LogP contribution in [0.4, 0.5) is 15.6 Å². The molecule has 1 aliphatic rings. The number of aromatic nitrogens is 1. The van der Waals surface area contributed by atoms with Gasteiger partial charge in [-0.25, -0.2) is 9.78 Å². The molecule has 2 aromatic carbocycles. The van der Waals surface area contributed by atoms with Crippen LogP contribution in [0.15, 0.2) is 36.4 Å². The monoisotopic (exact) mass is 400 g/mol. The number of benzene rings is 2. The molecule has 4 rings (SSSR count). The summed E-state index contributed by atoms with van der Waals surface area (Å²) < 4.78 is 1.22. The highest BCUT2D eigenvalue weighted by Gasteiger charge is 2.23. The van der Waals surface area contributed by atoms with Crippen molar-refractivity contribution in [2.75, 3.05) is 36.4 Å². The molecule has 2 heterocycles. The number of nitrogens with zero attached hydrogens (tertiary/aromatic N) is 3. The Morgan fingerprint density at radius 1 is 1.15 bits per heavy atom. The average Bonchev–Trinajstić information content (AvgIpc) is 3.08. The number of fused-ring (bicyclic) bond motifs is 1. The number of piperazine rings is 1. The van der Waals surface area contributed by atoms with Crippen LogP contribution in [0.2, 0.25) is 5.02 Å². The van der Waals surface area contributed by atoms with E-state index in [1.807, 2.05) is 23.1 Å². The van der Waals surface area contributed by atoms with E-state index in [-0.39, 0.29) is 6.03 Å². The van der Waals surface area contributed by atoms with Gasteiger partial charge in [-0.3, -0.25) is 0 Å². The number of rotatable bonds is 2.